The monoisotopic (exact) mass is 1270 g/mol. The van der Waals surface area contributed by atoms with Crippen molar-refractivity contribution in [2.45, 2.75) is 307 Å². The van der Waals surface area contributed by atoms with Gasteiger partial charge in [-0.2, -0.15) is 0 Å². The summed E-state index contributed by atoms with van der Waals surface area (Å²) in [5.41, 5.74) is -1.32. The van der Waals surface area contributed by atoms with E-state index in [9.17, 15) is 28.8 Å². The van der Waals surface area contributed by atoms with Crippen LogP contribution < -0.4 is 0 Å². The number of rotatable bonds is 18. The zero-order valence-electron chi connectivity index (χ0n) is 59.8. The first-order chi connectivity index (χ1) is 42.7. The fourth-order valence-corrected chi connectivity index (χ4v) is 24.6. The van der Waals surface area contributed by atoms with Gasteiger partial charge in [-0.05, 0) is 277 Å². The Morgan fingerprint density at radius 3 is 1.03 bits per heavy atom. The molecule has 514 valence electrons. The number of esters is 6. The summed E-state index contributed by atoms with van der Waals surface area (Å²) in [5, 5.41) is 0. The highest BCUT2D eigenvalue weighted by molar-refractivity contribution is 5.81. The lowest BCUT2D eigenvalue weighted by molar-refractivity contribution is -0.250. The molecule has 12 nitrogen and oxygen atoms in total. The molecule has 91 heavy (non-hydrogen) atoms. The molecule has 0 aromatic carbocycles. The third-order valence-corrected chi connectivity index (χ3v) is 29.5. The minimum atomic E-state index is -0.562. The molecule has 12 unspecified atom stereocenters. The molecule has 0 radical (unpaired) electrons. The Morgan fingerprint density at radius 2 is 0.714 bits per heavy atom. The first kappa shape index (κ1) is 69.2. The van der Waals surface area contributed by atoms with E-state index >= 15 is 0 Å². The number of carbonyl (C=O) groups is 6. The van der Waals surface area contributed by atoms with E-state index in [4.69, 9.17) is 28.4 Å². The standard InChI is InChI=1S/C27H42O4.2C26H42O4/c1-6-25(3,4)24(29)30-15-23(28)31-27(22-11-18-10-19(22)7-16(18)2)20-8-17-9-21(27)14-26(5,12-17)13-20;1-6-24(3,4)23(28)29-16-22(27)30-26(19-9-7-17(2)8-10-19)20-11-18-12-21(26)15-25(5,13-18)14-20;1-6-24(3,4)23(28)29-16-22(27)30-26(19-9-7-8-17(2)10-19)20-11-18-12-21(26)15-25(5,13-18)14-20/h16-22H,6-15H2,1-5H3;2*17-21H,6-16H2,1-5H3. The average molecular weight is 1270 g/mol. The van der Waals surface area contributed by atoms with Crippen molar-refractivity contribution in [3.63, 3.8) is 0 Å². The molecule has 16 rings (SSSR count). The van der Waals surface area contributed by atoms with E-state index in [2.05, 4.69) is 41.5 Å². The number of hydrogen-bond donors (Lipinski definition) is 0. The number of carbonyl (C=O) groups excluding carboxylic acids is 6. The zero-order valence-corrected chi connectivity index (χ0v) is 59.8. The molecule has 12 atom stereocenters. The summed E-state index contributed by atoms with van der Waals surface area (Å²) in [5.74, 6) is 8.75. The van der Waals surface area contributed by atoms with Crippen LogP contribution in [0.3, 0.4) is 0 Å². The van der Waals surface area contributed by atoms with Crippen LogP contribution >= 0.6 is 0 Å². The molecule has 0 spiro atoms. The molecule has 14 bridgehead atoms. The van der Waals surface area contributed by atoms with E-state index in [0.29, 0.717) is 101 Å². The summed E-state index contributed by atoms with van der Waals surface area (Å²) in [6, 6.07) is 0. The van der Waals surface area contributed by atoms with Crippen molar-refractivity contribution in [2.75, 3.05) is 19.8 Å². The van der Waals surface area contributed by atoms with Crippen LogP contribution in [0.5, 0.6) is 0 Å². The molecule has 0 N–H and O–H groups in total. The zero-order chi connectivity index (χ0) is 65.6. The van der Waals surface area contributed by atoms with Crippen LogP contribution in [0.4, 0.5) is 0 Å². The lowest BCUT2D eigenvalue weighted by Gasteiger charge is -2.66. The van der Waals surface area contributed by atoms with Gasteiger partial charge in [0, 0.05) is 41.4 Å². The molecular weight excluding hydrogens is 1140 g/mol. The van der Waals surface area contributed by atoms with Crippen molar-refractivity contribution in [3.05, 3.63) is 0 Å². The van der Waals surface area contributed by atoms with Crippen molar-refractivity contribution in [1.29, 1.82) is 0 Å². The van der Waals surface area contributed by atoms with Crippen LogP contribution in [-0.4, -0.2) is 72.4 Å². The van der Waals surface area contributed by atoms with E-state index < -0.39 is 16.2 Å². The van der Waals surface area contributed by atoms with Gasteiger partial charge in [-0.1, -0.05) is 88.0 Å². The van der Waals surface area contributed by atoms with Crippen LogP contribution in [0.25, 0.3) is 0 Å². The molecule has 16 saturated carbocycles. The molecule has 0 aromatic rings. The van der Waals surface area contributed by atoms with Gasteiger partial charge in [-0.25, -0.2) is 14.4 Å². The third kappa shape index (κ3) is 13.3. The average Bonchev–Trinajstić information content (AvgIpc) is 1.53. The second kappa shape index (κ2) is 25.7. The predicted octanol–water partition coefficient (Wildman–Crippen LogP) is 17.6. The molecule has 0 heterocycles. The highest BCUT2D eigenvalue weighted by atomic mass is 16.6. The van der Waals surface area contributed by atoms with Crippen molar-refractivity contribution < 1.29 is 57.2 Å². The fourth-order valence-electron chi connectivity index (χ4n) is 24.6. The molecule has 12 heteroatoms. The van der Waals surface area contributed by atoms with E-state index in [1.54, 1.807) is 0 Å². The van der Waals surface area contributed by atoms with E-state index in [1.165, 1.54) is 167 Å². The summed E-state index contributed by atoms with van der Waals surface area (Å²) in [6.45, 7) is 30.9. The van der Waals surface area contributed by atoms with Crippen LogP contribution in [0.1, 0.15) is 290 Å². The van der Waals surface area contributed by atoms with Gasteiger partial charge < -0.3 is 28.4 Å². The van der Waals surface area contributed by atoms with E-state index in [-0.39, 0.29) is 72.4 Å². The number of fused-ring (bicyclic) bond motifs is 2. The second-order valence-electron chi connectivity index (χ2n) is 37.6. The van der Waals surface area contributed by atoms with Gasteiger partial charge in [0.05, 0.1) is 16.2 Å². The lowest BCUT2D eigenvalue weighted by Crippen LogP contribution is -2.66. The maximum absolute atomic E-state index is 13.2. The number of hydrogen-bond acceptors (Lipinski definition) is 12. The topological polar surface area (TPSA) is 158 Å². The summed E-state index contributed by atoms with van der Waals surface area (Å²) >= 11 is 0. The van der Waals surface area contributed by atoms with Crippen molar-refractivity contribution >= 4 is 35.8 Å². The Balaban J connectivity index is 0.000000140. The quantitative estimate of drug-likeness (QED) is 0.0946. The largest absolute Gasteiger partial charge is 0.456 e. The van der Waals surface area contributed by atoms with Gasteiger partial charge in [0.15, 0.2) is 19.8 Å². The molecule has 0 saturated heterocycles. The Bertz CT molecular complexity index is 2620. The normalized spacial score (nSPS) is 44.4. The molecular formula is C79H126O12. The summed E-state index contributed by atoms with van der Waals surface area (Å²) in [6.07, 6.45) is 34.2. The van der Waals surface area contributed by atoms with E-state index in [1.807, 2.05) is 62.3 Å². The summed E-state index contributed by atoms with van der Waals surface area (Å²) in [7, 11) is 0. The van der Waals surface area contributed by atoms with Crippen molar-refractivity contribution in [3.8, 4) is 0 Å². The molecule has 16 fully saturated rings. The molecule has 0 aromatic heterocycles. The van der Waals surface area contributed by atoms with Crippen molar-refractivity contribution in [1.82, 2.24) is 0 Å². The van der Waals surface area contributed by atoms with Crippen molar-refractivity contribution in [2.24, 2.45) is 133 Å². The van der Waals surface area contributed by atoms with Gasteiger partial charge in [-0.3, -0.25) is 14.4 Å². The van der Waals surface area contributed by atoms with Gasteiger partial charge in [-0.15, -0.1) is 0 Å². The third-order valence-electron chi connectivity index (χ3n) is 29.5. The van der Waals surface area contributed by atoms with Gasteiger partial charge >= 0.3 is 35.8 Å². The fraction of sp³-hybridized carbons (Fsp3) is 0.924. The first-order valence-corrected chi connectivity index (χ1v) is 37.9. The first-order valence-electron chi connectivity index (χ1n) is 37.9. The van der Waals surface area contributed by atoms with Gasteiger partial charge in [0.2, 0.25) is 0 Å². The highest BCUT2D eigenvalue weighted by Gasteiger charge is 2.70. The van der Waals surface area contributed by atoms with Crippen LogP contribution in [0.2, 0.25) is 0 Å². The lowest BCUT2D eigenvalue weighted by atomic mass is 9.42. The predicted molar refractivity (Wildman–Crippen MR) is 352 cm³/mol. The minimum absolute atomic E-state index is 0.235. The van der Waals surface area contributed by atoms with Crippen LogP contribution in [-0.2, 0) is 57.2 Å². The smallest absolute Gasteiger partial charge is 0.344 e. The Hall–Kier alpha value is -3.18. The molecule has 0 aliphatic heterocycles. The molecule has 16 aliphatic carbocycles. The van der Waals surface area contributed by atoms with Crippen LogP contribution in [0, 0.1) is 133 Å². The highest BCUT2D eigenvalue weighted by Crippen LogP contribution is 2.72. The van der Waals surface area contributed by atoms with Crippen LogP contribution in [0.15, 0.2) is 0 Å². The SMILES string of the molecule is CCC(C)(C)C(=O)OCC(=O)OC1(C2CC3CC2CC3C)C2CC3CC1CC(C)(C3)C2.CCC(C)(C)C(=O)OCC(=O)OC1(C2CCC(C)CC2)C2CC3CC1CC(C)(C3)C2.CCC(C)(C)C(=O)OCC(=O)OC1(C2CCCC(C)C2)C2CC3CC1CC(C)(C3)C2. The maximum Gasteiger partial charge on any atom is 0.344 e. The Morgan fingerprint density at radius 1 is 0.363 bits per heavy atom. The Labute approximate surface area is 550 Å². The minimum Gasteiger partial charge on any atom is -0.456 e. The Kier molecular flexibility index (Phi) is 19.5. The van der Waals surface area contributed by atoms with Gasteiger partial charge in [0.1, 0.15) is 16.8 Å². The molecule has 0 amide bonds. The molecule has 16 aliphatic rings. The maximum atomic E-state index is 13.2. The van der Waals surface area contributed by atoms with Gasteiger partial charge in [0.25, 0.3) is 0 Å². The summed E-state index contributed by atoms with van der Waals surface area (Å²) in [4.78, 5) is 76.4. The van der Waals surface area contributed by atoms with E-state index in [0.717, 1.165) is 35.5 Å². The summed E-state index contributed by atoms with van der Waals surface area (Å²) < 4.78 is 35.9. The number of ether oxygens (including phenoxy) is 6. The second-order valence-corrected chi connectivity index (χ2v) is 37.6.